The van der Waals surface area contributed by atoms with Crippen molar-refractivity contribution in [3.05, 3.63) is 23.5 Å². The van der Waals surface area contributed by atoms with Gasteiger partial charge in [0.2, 0.25) is 5.89 Å². The third kappa shape index (κ3) is 3.00. The van der Waals surface area contributed by atoms with Gasteiger partial charge in [-0.15, -0.1) is 10.2 Å². The summed E-state index contributed by atoms with van der Waals surface area (Å²) in [5, 5.41) is 19.3. The summed E-state index contributed by atoms with van der Waals surface area (Å²) in [6.45, 7) is 5.40. The van der Waals surface area contributed by atoms with E-state index < -0.39 is 12.0 Å². The van der Waals surface area contributed by atoms with E-state index in [1.165, 1.54) is 0 Å². The van der Waals surface area contributed by atoms with E-state index in [4.69, 9.17) is 13.9 Å². The van der Waals surface area contributed by atoms with Gasteiger partial charge in [-0.05, 0) is 26.8 Å². The van der Waals surface area contributed by atoms with Crippen LogP contribution >= 0.6 is 0 Å². The Labute approximate surface area is 109 Å². The first kappa shape index (κ1) is 13.3. The quantitative estimate of drug-likeness (QED) is 0.844. The topological polar surface area (TPSA) is 101 Å². The monoisotopic (exact) mass is 265 g/mol. The van der Waals surface area contributed by atoms with Crippen LogP contribution in [-0.2, 0) is 11.3 Å². The summed E-state index contributed by atoms with van der Waals surface area (Å²) in [5.74, 6) is 1.25. The summed E-state index contributed by atoms with van der Waals surface area (Å²) < 4.78 is 10.8. The molecule has 0 radical (unpaired) electrons. The van der Waals surface area contributed by atoms with Gasteiger partial charge in [-0.1, -0.05) is 0 Å². The van der Waals surface area contributed by atoms with Gasteiger partial charge in [0.05, 0.1) is 12.1 Å². The van der Waals surface area contributed by atoms with Crippen LogP contribution in [0.2, 0.25) is 0 Å². The predicted octanol–water partition coefficient (Wildman–Crippen LogP) is 1.51. The second-order valence-corrected chi connectivity index (χ2v) is 4.27. The maximum absolute atomic E-state index is 10.7. The van der Waals surface area contributed by atoms with Crippen molar-refractivity contribution in [2.75, 3.05) is 0 Å². The Bertz CT molecular complexity index is 588. The van der Waals surface area contributed by atoms with Crippen molar-refractivity contribution in [1.82, 2.24) is 15.5 Å². The standard InChI is InChI=1S/C12H15N3O4/c1-6-4-9(8(3)18-6)11-15-14-10(19-11)5-13-7(2)12(16)17/h4,7,13H,5H2,1-3H3,(H,16,17)/t7-/m0/s1. The Kier molecular flexibility index (Phi) is 3.66. The second kappa shape index (κ2) is 5.23. The molecule has 19 heavy (non-hydrogen) atoms. The van der Waals surface area contributed by atoms with E-state index in [0.717, 1.165) is 11.3 Å². The zero-order valence-corrected chi connectivity index (χ0v) is 10.9. The minimum atomic E-state index is -0.930. The molecule has 2 aromatic heterocycles. The molecule has 7 nitrogen and oxygen atoms in total. The second-order valence-electron chi connectivity index (χ2n) is 4.27. The molecule has 0 aliphatic heterocycles. The Morgan fingerprint density at radius 3 is 2.74 bits per heavy atom. The van der Waals surface area contributed by atoms with Crippen LogP contribution in [0.4, 0.5) is 0 Å². The molecule has 0 aliphatic carbocycles. The van der Waals surface area contributed by atoms with E-state index in [2.05, 4.69) is 15.5 Å². The van der Waals surface area contributed by atoms with E-state index in [-0.39, 0.29) is 6.54 Å². The average Bonchev–Trinajstić information content (AvgIpc) is 2.92. The first-order valence-corrected chi connectivity index (χ1v) is 5.83. The van der Waals surface area contributed by atoms with Gasteiger partial charge in [-0.3, -0.25) is 10.1 Å². The lowest BCUT2D eigenvalue weighted by atomic mass is 10.2. The number of nitrogens with one attached hydrogen (secondary N) is 1. The molecule has 2 heterocycles. The number of aromatic nitrogens is 2. The van der Waals surface area contributed by atoms with Crippen molar-refractivity contribution in [2.45, 2.75) is 33.4 Å². The summed E-state index contributed by atoms with van der Waals surface area (Å²) in [7, 11) is 0. The van der Waals surface area contributed by atoms with Crippen molar-refractivity contribution in [2.24, 2.45) is 0 Å². The minimum Gasteiger partial charge on any atom is -0.480 e. The summed E-state index contributed by atoms with van der Waals surface area (Å²) in [5.41, 5.74) is 0.752. The lowest BCUT2D eigenvalue weighted by Crippen LogP contribution is -2.33. The van der Waals surface area contributed by atoms with E-state index in [1.54, 1.807) is 6.92 Å². The largest absolute Gasteiger partial charge is 0.480 e. The number of furan rings is 1. The number of rotatable bonds is 5. The van der Waals surface area contributed by atoms with Crippen LogP contribution in [-0.4, -0.2) is 27.3 Å². The molecule has 0 bridgehead atoms. The molecule has 0 fully saturated rings. The molecule has 2 aromatic rings. The van der Waals surface area contributed by atoms with Gasteiger partial charge in [0.25, 0.3) is 5.89 Å². The van der Waals surface area contributed by atoms with Crippen molar-refractivity contribution in [3.8, 4) is 11.5 Å². The number of carbonyl (C=O) groups is 1. The molecule has 7 heteroatoms. The highest BCUT2D eigenvalue weighted by atomic mass is 16.4. The van der Waals surface area contributed by atoms with Gasteiger partial charge < -0.3 is 13.9 Å². The molecule has 0 saturated heterocycles. The maximum atomic E-state index is 10.7. The van der Waals surface area contributed by atoms with Crippen LogP contribution in [0.3, 0.4) is 0 Å². The van der Waals surface area contributed by atoms with Crippen LogP contribution < -0.4 is 5.32 Å². The molecule has 0 spiro atoms. The highest BCUT2D eigenvalue weighted by molar-refractivity contribution is 5.72. The molecular formula is C12H15N3O4. The maximum Gasteiger partial charge on any atom is 0.320 e. The third-order valence-electron chi connectivity index (χ3n) is 2.67. The average molecular weight is 265 g/mol. The number of aryl methyl sites for hydroxylation is 2. The number of hydrogen-bond donors (Lipinski definition) is 2. The Balaban J connectivity index is 2.07. The summed E-state index contributed by atoms with van der Waals surface area (Å²) in [6.07, 6.45) is 0. The zero-order chi connectivity index (χ0) is 14.0. The fraction of sp³-hybridized carbons (Fsp3) is 0.417. The minimum absolute atomic E-state index is 0.205. The number of aliphatic carboxylic acids is 1. The van der Waals surface area contributed by atoms with Gasteiger partial charge in [-0.25, -0.2) is 0 Å². The van der Waals surface area contributed by atoms with Gasteiger partial charge in [0.1, 0.15) is 17.6 Å². The SMILES string of the molecule is Cc1cc(-c2nnc(CN[C@@H](C)C(=O)O)o2)c(C)o1. The number of carboxylic acid groups (broad SMARTS) is 1. The van der Waals surface area contributed by atoms with Gasteiger partial charge in [0.15, 0.2) is 0 Å². The Morgan fingerprint density at radius 2 is 2.16 bits per heavy atom. The van der Waals surface area contributed by atoms with Crippen molar-refractivity contribution in [1.29, 1.82) is 0 Å². The first-order chi connectivity index (χ1) is 8.97. The number of carboxylic acids is 1. The third-order valence-corrected chi connectivity index (χ3v) is 2.67. The highest BCUT2D eigenvalue weighted by Gasteiger charge is 2.16. The molecule has 0 unspecified atom stereocenters. The van der Waals surface area contributed by atoms with Crippen LogP contribution in [0, 0.1) is 13.8 Å². The number of hydrogen-bond acceptors (Lipinski definition) is 6. The predicted molar refractivity (Wildman–Crippen MR) is 65.4 cm³/mol. The van der Waals surface area contributed by atoms with Gasteiger partial charge >= 0.3 is 5.97 Å². The fourth-order valence-corrected chi connectivity index (χ4v) is 1.60. The molecule has 0 aromatic carbocycles. The summed E-state index contributed by atoms with van der Waals surface area (Å²) in [6, 6.07) is 1.15. The van der Waals surface area contributed by atoms with Crippen LogP contribution in [0.1, 0.15) is 24.3 Å². The first-order valence-electron chi connectivity index (χ1n) is 5.83. The lowest BCUT2D eigenvalue weighted by molar-refractivity contribution is -0.139. The van der Waals surface area contributed by atoms with Crippen molar-refractivity contribution >= 4 is 5.97 Å². The van der Waals surface area contributed by atoms with E-state index in [9.17, 15) is 4.79 Å². The molecule has 1 atom stereocenters. The lowest BCUT2D eigenvalue weighted by Gasteiger charge is -2.05. The summed E-state index contributed by atoms with van der Waals surface area (Å²) >= 11 is 0. The smallest absolute Gasteiger partial charge is 0.320 e. The molecular weight excluding hydrogens is 250 g/mol. The molecule has 0 aliphatic rings. The van der Waals surface area contributed by atoms with Gasteiger partial charge in [0, 0.05) is 0 Å². The zero-order valence-electron chi connectivity index (χ0n) is 10.9. The normalized spacial score (nSPS) is 12.6. The Morgan fingerprint density at radius 1 is 1.42 bits per heavy atom. The molecule has 2 N–H and O–H groups in total. The molecule has 2 rings (SSSR count). The van der Waals surface area contributed by atoms with Crippen molar-refractivity contribution < 1.29 is 18.7 Å². The van der Waals surface area contributed by atoms with E-state index in [0.29, 0.717) is 17.5 Å². The molecule has 0 saturated carbocycles. The van der Waals surface area contributed by atoms with Crippen molar-refractivity contribution in [3.63, 3.8) is 0 Å². The molecule has 0 amide bonds. The summed E-state index contributed by atoms with van der Waals surface area (Å²) in [4.78, 5) is 10.7. The molecule has 102 valence electrons. The van der Waals surface area contributed by atoms with Crippen LogP contribution in [0.25, 0.3) is 11.5 Å². The van der Waals surface area contributed by atoms with Crippen LogP contribution in [0.5, 0.6) is 0 Å². The fourth-order valence-electron chi connectivity index (χ4n) is 1.60. The number of nitrogens with zero attached hydrogens (tertiary/aromatic N) is 2. The van der Waals surface area contributed by atoms with E-state index >= 15 is 0 Å². The van der Waals surface area contributed by atoms with E-state index in [1.807, 2.05) is 19.9 Å². The highest BCUT2D eigenvalue weighted by Crippen LogP contribution is 2.25. The Hall–Kier alpha value is -2.15. The van der Waals surface area contributed by atoms with Crippen LogP contribution in [0.15, 0.2) is 14.9 Å². The van der Waals surface area contributed by atoms with Gasteiger partial charge in [-0.2, -0.15) is 0 Å².